The monoisotopic (exact) mass is 793 g/mol. The van der Waals surface area contributed by atoms with Gasteiger partial charge in [0, 0.05) is 19.3 Å². The number of carbonyl (C=O) groups is 3. The highest BCUT2D eigenvalue weighted by Crippen LogP contribution is 2.17. The number of unbranched alkanes of at least 4 members (excludes halogenated alkanes) is 29. The van der Waals surface area contributed by atoms with E-state index in [4.69, 9.17) is 14.2 Å². The molecule has 0 aromatic carbocycles. The number of esters is 3. The Kier molecular flexibility index (Phi) is 41.8. The molecule has 1 atom stereocenters. The SMILES string of the molecule is CCCCCCCCCCCCCCCCCCCCC(=O)OC[C@H](COC(=O)CCCCCCCCC(C)C)OC(=O)CCCCCCCCCCC(C)C. The van der Waals surface area contributed by atoms with E-state index >= 15 is 0 Å². The summed E-state index contributed by atoms with van der Waals surface area (Å²) in [6.45, 7) is 11.3. The van der Waals surface area contributed by atoms with Crippen molar-refractivity contribution in [3.63, 3.8) is 0 Å². The first-order valence-electron chi connectivity index (χ1n) is 24.7. The number of hydrogen-bond donors (Lipinski definition) is 0. The lowest BCUT2D eigenvalue weighted by atomic mass is 10.0. The normalized spacial score (nSPS) is 12.1. The molecule has 0 saturated carbocycles. The summed E-state index contributed by atoms with van der Waals surface area (Å²) >= 11 is 0. The molecule has 0 saturated heterocycles. The standard InChI is InChI=1S/C50H96O6/c1-6-7-8-9-10-11-12-13-14-15-16-17-18-19-20-24-30-35-40-48(51)54-43-47(44-55-49(52)41-36-31-27-26-29-34-39-46(4)5)56-50(53)42-37-32-25-22-21-23-28-33-38-45(2)3/h45-47H,6-44H2,1-5H3/t47-/m1/s1. The lowest BCUT2D eigenvalue weighted by Crippen LogP contribution is -2.30. The minimum absolute atomic E-state index is 0.0654. The maximum atomic E-state index is 12.7. The van der Waals surface area contributed by atoms with Crippen LogP contribution < -0.4 is 0 Å². The van der Waals surface area contributed by atoms with Crippen molar-refractivity contribution in [2.45, 2.75) is 278 Å². The van der Waals surface area contributed by atoms with E-state index in [0.29, 0.717) is 19.3 Å². The van der Waals surface area contributed by atoms with Gasteiger partial charge in [-0.1, -0.05) is 234 Å². The molecule has 0 heterocycles. The third kappa shape index (κ3) is 43.5. The van der Waals surface area contributed by atoms with Crippen LogP contribution in [0.2, 0.25) is 0 Å². The predicted octanol–water partition coefficient (Wildman–Crippen LogP) is 15.8. The van der Waals surface area contributed by atoms with Gasteiger partial charge in [0.2, 0.25) is 0 Å². The summed E-state index contributed by atoms with van der Waals surface area (Å²) in [5.74, 6) is 0.697. The van der Waals surface area contributed by atoms with Gasteiger partial charge in [-0.2, -0.15) is 0 Å². The van der Waals surface area contributed by atoms with E-state index in [0.717, 1.165) is 69.6 Å². The topological polar surface area (TPSA) is 78.9 Å². The molecule has 0 fully saturated rings. The third-order valence-electron chi connectivity index (χ3n) is 11.2. The molecule has 0 aliphatic carbocycles. The van der Waals surface area contributed by atoms with Crippen LogP contribution in [0.15, 0.2) is 0 Å². The van der Waals surface area contributed by atoms with Crippen molar-refractivity contribution in [3.8, 4) is 0 Å². The number of rotatable bonds is 44. The summed E-state index contributed by atoms with van der Waals surface area (Å²) in [5.41, 5.74) is 0. The van der Waals surface area contributed by atoms with Crippen LogP contribution in [0.3, 0.4) is 0 Å². The molecule has 0 spiro atoms. The van der Waals surface area contributed by atoms with Crippen LogP contribution >= 0.6 is 0 Å². The Morgan fingerprint density at radius 3 is 0.875 bits per heavy atom. The average molecular weight is 793 g/mol. The maximum absolute atomic E-state index is 12.7. The van der Waals surface area contributed by atoms with E-state index in [9.17, 15) is 14.4 Å². The van der Waals surface area contributed by atoms with Crippen LogP contribution in [0.5, 0.6) is 0 Å². The van der Waals surface area contributed by atoms with E-state index in [1.807, 2.05) is 0 Å². The molecule has 0 aromatic heterocycles. The molecular weight excluding hydrogens is 697 g/mol. The van der Waals surface area contributed by atoms with Gasteiger partial charge >= 0.3 is 17.9 Å². The maximum Gasteiger partial charge on any atom is 0.306 e. The summed E-state index contributed by atoms with van der Waals surface area (Å²) in [7, 11) is 0. The molecule has 56 heavy (non-hydrogen) atoms. The van der Waals surface area contributed by atoms with Gasteiger partial charge < -0.3 is 14.2 Å². The fraction of sp³-hybridized carbons (Fsp3) is 0.940. The van der Waals surface area contributed by atoms with Crippen LogP contribution in [-0.2, 0) is 28.6 Å². The summed E-state index contributed by atoms with van der Waals surface area (Å²) in [4.78, 5) is 37.8. The Hall–Kier alpha value is -1.59. The number of carbonyl (C=O) groups excluding carboxylic acids is 3. The van der Waals surface area contributed by atoms with Crippen molar-refractivity contribution in [3.05, 3.63) is 0 Å². The smallest absolute Gasteiger partial charge is 0.306 e. The molecule has 0 amide bonds. The number of ether oxygens (including phenoxy) is 3. The Balaban J connectivity index is 4.23. The van der Waals surface area contributed by atoms with Crippen molar-refractivity contribution in [1.82, 2.24) is 0 Å². The van der Waals surface area contributed by atoms with Crippen LogP contribution in [-0.4, -0.2) is 37.2 Å². The van der Waals surface area contributed by atoms with E-state index in [1.54, 1.807) is 0 Å². The van der Waals surface area contributed by atoms with Crippen molar-refractivity contribution < 1.29 is 28.6 Å². The van der Waals surface area contributed by atoms with Gasteiger partial charge in [0.15, 0.2) is 6.10 Å². The zero-order valence-electron chi connectivity index (χ0n) is 38.3. The second kappa shape index (κ2) is 43.0. The Morgan fingerprint density at radius 2 is 0.589 bits per heavy atom. The van der Waals surface area contributed by atoms with E-state index in [1.165, 1.54) is 161 Å². The van der Waals surface area contributed by atoms with E-state index < -0.39 is 6.10 Å². The second-order valence-electron chi connectivity index (χ2n) is 18.1. The quantitative estimate of drug-likeness (QED) is 0.0347. The molecule has 0 radical (unpaired) electrons. The molecule has 0 aliphatic rings. The minimum Gasteiger partial charge on any atom is -0.462 e. The average Bonchev–Trinajstić information content (AvgIpc) is 3.16. The minimum atomic E-state index is -0.762. The number of hydrogen-bond acceptors (Lipinski definition) is 6. The third-order valence-corrected chi connectivity index (χ3v) is 11.2. The Morgan fingerprint density at radius 1 is 0.339 bits per heavy atom. The molecule has 0 unspecified atom stereocenters. The summed E-state index contributed by atoms with van der Waals surface area (Å²) in [6.07, 6.45) is 42.6. The van der Waals surface area contributed by atoms with Crippen LogP contribution in [0.4, 0.5) is 0 Å². The van der Waals surface area contributed by atoms with Gasteiger partial charge in [0.25, 0.3) is 0 Å². The van der Waals surface area contributed by atoms with Gasteiger partial charge in [0.05, 0.1) is 0 Å². The van der Waals surface area contributed by atoms with Gasteiger partial charge in [0.1, 0.15) is 13.2 Å². The summed E-state index contributed by atoms with van der Waals surface area (Å²) in [5, 5.41) is 0. The van der Waals surface area contributed by atoms with Crippen molar-refractivity contribution in [2.24, 2.45) is 11.8 Å². The van der Waals surface area contributed by atoms with Crippen molar-refractivity contribution >= 4 is 17.9 Å². The highest BCUT2D eigenvalue weighted by atomic mass is 16.6. The summed E-state index contributed by atoms with van der Waals surface area (Å²) < 4.78 is 16.7. The fourth-order valence-electron chi connectivity index (χ4n) is 7.46. The predicted molar refractivity (Wildman–Crippen MR) is 238 cm³/mol. The molecule has 6 nitrogen and oxygen atoms in total. The molecule has 0 bridgehead atoms. The summed E-state index contributed by atoms with van der Waals surface area (Å²) in [6, 6.07) is 0. The molecule has 0 aromatic rings. The van der Waals surface area contributed by atoms with Gasteiger partial charge in [-0.25, -0.2) is 0 Å². The first-order valence-corrected chi connectivity index (χ1v) is 24.7. The van der Waals surface area contributed by atoms with Crippen molar-refractivity contribution in [1.29, 1.82) is 0 Å². The largest absolute Gasteiger partial charge is 0.462 e. The van der Waals surface area contributed by atoms with Crippen LogP contribution in [0, 0.1) is 11.8 Å². The second-order valence-corrected chi connectivity index (χ2v) is 18.1. The van der Waals surface area contributed by atoms with Crippen molar-refractivity contribution in [2.75, 3.05) is 13.2 Å². The van der Waals surface area contributed by atoms with Gasteiger partial charge in [-0.05, 0) is 31.1 Å². The molecule has 0 aliphatic heterocycles. The van der Waals surface area contributed by atoms with E-state index in [2.05, 4.69) is 34.6 Å². The molecule has 6 heteroatoms. The first kappa shape index (κ1) is 54.4. The van der Waals surface area contributed by atoms with Crippen LogP contribution in [0.25, 0.3) is 0 Å². The highest BCUT2D eigenvalue weighted by molar-refractivity contribution is 5.71. The van der Waals surface area contributed by atoms with E-state index in [-0.39, 0.29) is 31.1 Å². The Labute approximate surface area is 348 Å². The molecular formula is C50H96O6. The zero-order valence-corrected chi connectivity index (χ0v) is 38.3. The highest BCUT2D eigenvalue weighted by Gasteiger charge is 2.19. The van der Waals surface area contributed by atoms with Gasteiger partial charge in [-0.15, -0.1) is 0 Å². The lowest BCUT2D eigenvalue weighted by Gasteiger charge is -2.18. The zero-order chi connectivity index (χ0) is 41.2. The van der Waals surface area contributed by atoms with Gasteiger partial charge in [-0.3, -0.25) is 14.4 Å². The fourth-order valence-corrected chi connectivity index (χ4v) is 7.46. The first-order chi connectivity index (χ1) is 27.2. The molecule has 0 rings (SSSR count). The Bertz CT molecular complexity index is 854. The lowest BCUT2D eigenvalue weighted by molar-refractivity contribution is -0.167. The molecule has 0 N–H and O–H groups in total. The van der Waals surface area contributed by atoms with Crippen LogP contribution in [0.1, 0.15) is 272 Å². The molecule has 332 valence electrons.